The second-order valence-electron chi connectivity index (χ2n) is 17.4. The molecule has 6 aromatic rings. The highest BCUT2D eigenvalue weighted by Gasteiger charge is 2.40. The van der Waals surface area contributed by atoms with Crippen LogP contribution in [0.4, 0.5) is 5.69 Å². The Kier molecular flexibility index (Phi) is 10.0. The van der Waals surface area contributed by atoms with E-state index < -0.39 is 29.2 Å². The van der Waals surface area contributed by atoms with Crippen LogP contribution in [0.25, 0.3) is 0 Å². The van der Waals surface area contributed by atoms with E-state index in [-0.39, 0.29) is 22.8 Å². The van der Waals surface area contributed by atoms with Crippen LogP contribution in [-0.2, 0) is 27.0 Å². The first-order valence-electron chi connectivity index (χ1n) is 20.8. The Balaban J connectivity index is 0.845. The molecule has 64 heavy (non-hydrogen) atoms. The standard InChI is InChI=1S/C53H43N3O8/c1-30-25-32(7-21-44(30)53(5,6)56-46(57)23-24-47(56)58)27-33-8-22-45(31(2)26-33)55-50(61)41-20-18-39(29-43(41)51(55)62)64-37-15-11-35(12-16-37)52(3,4)34-9-13-36(14-10-34)63-38-17-19-40-42(28-38)49(60)54-48(40)59/h7-26,28-29H,27H2,1-6H3,(H,54,59,60). The number of nitrogens with zero attached hydrogens (tertiary/aromatic N) is 2. The Hall–Kier alpha value is -7.92. The van der Waals surface area contributed by atoms with E-state index in [1.54, 1.807) is 42.5 Å². The van der Waals surface area contributed by atoms with Crippen molar-refractivity contribution in [2.24, 2.45) is 0 Å². The number of fused-ring (bicyclic) bond motifs is 2. The monoisotopic (exact) mass is 849 g/mol. The fourth-order valence-corrected chi connectivity index (χ4v) is 8.94. The predicted molar refractivity (Wildman–Crippen MR) is 240 cm³/mol. The van der Waals surface area contributed by atoms with Gasteiger partial charge in [-0.25, -0.2) is 4.90 Å². The highest BCUT2D eigenvalue weighted by molar-refractivity contribution is 6.34. The number of anilines is 1. The summed E-state index contributed by atoms with van der Waals surface area (Å²) in [5.74, 6) is -0.308. The summed E-state index contributed by atoms with van der Waals surface area (Å²) in [7, 11) is 0. The van der Waals surface area contributed by atoms with Crippen molar-refractivity contribution in [3.05, 3.63) is 195 Å². The van der Waals surface area contributed by atoms with Gasteiger partial charge in [-0.05, 0) is 140 Å². The van der Waals surface area contributed by atoms with E-state index in [2.05, 4.69) is 25.2 Å². The number of hydrogen-bond acceptors (Lipinski definition) is 8. The van der Waals surface area contributed by atoms with Crippen LogP contribution in [0.1, 0.15) is 108 Å². The van der Waals surface area contributed by atoms with Crippen molar-refractivity contribution >= 4 is 41.1 Å². The van der Waals surface area contributed by atoms with Gasteiger partial charge < -0.3 is 9.47 Å². The quantitative estimate of drug-likeness (QED) is 0.127. The number of aryl methyl sites for hydroxylation is 2. The van der Waals surface area contributed by atoms with Crippen molar-refractivity contribution in [3.63, 3.8) is 0 Å². The zero-order valence-electron chi connectivity index (χ0n) is 36.1. The summed E-state index contributed by atoms with van der Waals surface area (Å²) in [6, 6.07) is 36.9. The number of amides is 6. The third-order valence-corrected chi connectivity index (χ3v) is 12.4. The lowest BCUT2D eigenvalue weighted by molar-refractivity contribution is -0.143. The molecule has 0 unspecified atom stereocenters. The molecule has 6 amide bonds. The average molecular weight is 850 g/mol. The van der Waals surface area contributed by atoms with E-state index in [4.69, 9.17) is 9.47 Å². The molecule has 3 aliphatic rings. The van der Waals surface area contributed by atoms with Gasteiger partial charge in [-0.1, -0.05) is 68.4 Å². The third-order valence-electron chi connectivity index (χ3n) is 12.4. The normalized spacial score (nSPS) is 14.7. The summed E-state index contributed by atoms with van der Waals surface area (Å²) in [4.78, 5) is 78.9. The molecule has 11 nitrogen and oxygen atoms in total. The summed E-state index contributed by atoms with van der Waals surface area (Å²) in [5.41, 5.74) is 7.21. The molecule has 6 aromatic carbocycles. The minimum atomic E-state index is -0.823. The molecule has 0 spiro atoms. The Morgan fingerprint density at radius 3 is 1.55 bits per heavy atom. The molecular weight excluding hydrogens is 807 g/mol. The van der Waals surface area contributed by atoms with Gasteiger partial charge >= 0.3 is 0 Å². The van der Waals surface area contributed by atoms with Gasteiger partial charge in [0.25, 0.3) is 35.4 Å². The van der Waals surface area contributed by atoms with Gasteiger partial charge in [-0.2, -0.15) is 0 Å². The lowest BCUT2D eigenvalue weighted by atomic mass is 9.78. The second kappa shape index (κ2) is 15.5. The third kappa shape index (κ3) is 7.24. The van der Waals surface area contributed by atoms with E-state index >= 15 is 0 Å². The van der Waals surface area contributed by atoms with Crippen molar-refractivity contribution in [1.82, 2.24) is 10.2 Å². The van der Waals surface area contributed by atoms with Crippen molar-refractivity contribution < 1.29 is 38.2 Å². The minimum absolute atomic E-state index is 0.263. The van der Waals surface area contributed by atoms with Crippen LogP contribution in [0, 0.1) is 13.8 Å². The van der Waals surface area contributed by atoms with E-state index in [1.807, 2.05) is 100 Å². The van der Waals surface area contributed by atoms with Crippen molar-refractivity contribution in [3.8, 4) is 23.0 Å². The number of benzene rings is 6. The van der Waals surface area contributed by atoms with Crippen LogP contribution in [0.3, 0.4) is 0 Å². The lowest BCUT2D eigenvalue weighted by Gasteiger charge is -2.35. The van der Waals surface area contributed by atoms with Crippen LogP contribution in [0.2, 0.25) is 0 Å². The number of rotatable bonds is 11. The van der Waals surface area contributed by atoms with Gasteiger partial charge in [-0.15, -0.1) is 0 Å². The molecule has 3 aliphatic heterocycles. The van der Waals surface area contributed by atoms with E-state index in [1.165, 1.54) is 22.0 Å². The van der Waals surface area contributed by atoms with E-state index in [9.17, 15) is 28.8 Å². The molecule has 9 rings (SSSR count). The zero-order chi connectivity index (χ0) is 45.2. The maximum Gasteiger partial charge on any atom is 0.266 e. The first-order valence-corrected chi connectivity index (χ1v) is 20.8. The van der Waals surface area contributed by atoms with Gasteiger partial charge in [0, 0.05) is 17.6 Å². The van der Waals surface area contributed by atoms with Gasteiger partial charge in [0.2, 0.25) is 0 Å². The molecule has 0 aliphatic carbocycles. The summed E-state index contributed by atoms with van der Waals surface area (Å²) in [6.45, 7) is 11.8. The first kappa shape index (κ1) is 41.4. The number of carbonyl (C=O) groups is 6. The fraction of sp³-hybridized carbons (Fsp3) is 0.170. The van der Waals surface area contributed by atoms with Crippen LogP contribution < -0.4 is 19.7 Å². The summed E-state index contributed by atoms with van der Waals surface area (Å²) >= 11 is 0. The summed E-state index contributed by atoms with van der Waals surface area (Å²) < 4.78 is 12.2. The molecule has 0 aromatic heterocycles. The van der Waals surface area contributed by atoms with Crippen molar-refractivity contribution in [2.75, 3.05) is 4.90 Å². The molecule has 0 saturated heterocycles. The predicted octanol–water partition coefficient (Wildman–Crippen LogP) is 9.65. The number of ether oxygens (including phenoxy) is 2. The van der Waals surface area contributed by atoms with Crippen LogP contribution in [0.15, 0.2) is 133 Å². The van der Waals surface area contributed by atoms with Gasteiger partial charge in [0.15, 0.2) is 0 Å². The Morgan fingerprint density at radius 1 is 0.500 bits per heavy atom. The van der Waals surface area contributed by atoms with E-state index in [0.29, 0.717) is 51.8 Å². The molecule has 1 N–H and O–H groups in total. The van der Waals surface area contributed by atoms with Crippen LogP contribution in [-0.4, -0.2) is 40.3 Å². The fourth-order valence-electron chi connectivity index (χ4n) is 8.94. The Morgan fingerprint density at radius 2 is 0.984 bits per heavy atom. The largest absolute Gasteiger partial charge is 0.457 e. The first-order chi connectivity index (χ1) is 30.5. The van der Waals surface area contributed by atoms with Gasteiger partial charge in [-0.3, -0.25) is 39.0 Å². The van der Waals surface area contributed by atoms with Gasteiger partial charge in [0.1, 0.15) is 23.0 Å². The number of hydrogen-bond donors (Lipinski definition) is 1. The molecule has 0 radical (unpaired) electrons. The highest BCUT2D eigenvalue weighted by atomic mass is 16.5. The van der Waals surface area contributed by atoms with Crippen molar-refractivity contribution in [1.29, 1.82) is 0 Å². The molecule has 0 fully saturated rings. The van der Waals surface area contributed by atoms with Gasteiger partial charge in [0.05, 0.1) is 33.5 Å². The topological polar surface area (TPSA) is 139 Å². The highest BCUT2D eigenvalue weighted by Crippen LogP contribution is 2.38. The number of imide groups is 3. The summed E-state index contributed by atoms with van der Waals surface area (Å²) in [6.07, 6.45) is 3.20. The molecular formula is C53H43N3O8. The smallest absolute Gasteiger partial charge is 0.266 e. The van der Waals surface area contributed by atoms with Crippen molar-refractivity contribution in [2.45, 2.75) is 58.9 Å². The maximum absolute atomic E-state index is 13.9. The lowest BCUT2D eigenvalue weighted by Crippen LogP contribution is -2.45. The summed E-state index contributed by atoms with van der Waals surface area (Å²) in [5, 5.41) is 2.29. The number of carbonyl (C=O) groups excluding carboxylic acids is 6. The second-order valence-corrected chi connectivity index (χ2v) is 17.4. The molecule has 0 saturated carbocycles. The van der Waals surface area contributed by atoms with Crippen LogP contribution >= 0.6 is 0 Å². The zero-order valence-corrected chi connectivity index (χ0v) is 36.1. The minimum Gasteiger partial charge on any atom is -0.457 e. The van der Waals surface area contributed by atoms with Crippen LogP contribution in [0.5, 0.6) is 23.0 Å². The van der Waals surface area contributed by atoms with E-state index in [0.717, 1.165) is 38.9 Å². The average Bonchev–Trinajstić information content (AvgIpc) is 3.85. The maximum atomic E-state index is 13.9. The SMILES string of the molecule is Cc1cc(Cc2ccc(C(C)(C)N3C(=O)C=CC3=O)c(C)c2)ccc1N1C(=O)c2ccc(Oc3ccc(C(C)(C)c4ccc(Oc5ccc6c(c5)C(=O)NC6=O)cc4)cc3)cc2C1=O. The molecule has 0 bridgehead atoms. The molecule has 0 atom stereocenters. The number of nitrogens with one attached hydrogen (secondary N) is 1. The molecule has 318 valence electrons. The Bertz CT molecular complexity index is 3020. The molecule has 11 heteroatoms. The Labute approximate surface area is 369 Å². The molecule has 3 heterocycles.